The van der Waals surface area contributed by atoms with E-state index in [1.54, 1.807) is 13.2 Å². The molecular weight excluding hydrogens is 415 g/mol. The largest absolute Gasteiger partial charge is 0.497 e. The predicted octanol–water partition coefficient (Wildman–Crippen LogP) is 5.67. The van der Waals surface area contributed by atoms with Crippen LogP contribution in [0.2, 0.25) is 10.0 Å². The molecule has 0 radical (unpaired) electrons. The molecule has 0 atom stereocenters. The summed E-state index contributed by atoms with van der Waals surface area (Å²) in [5.41, 5.74) is 4.50. The van der Waals surface area contributed by atoms with Crippen LogP contribution in [0.25, 0.3) is 0 Å². The highest BCUT2D eigenvalue weighted by molar-refractivity contribution is 7.80. The van der Waals surface area contributed by atoms with Crippen LogP contribution in [0, 0.1) is 13.8 Å². The van der Waals surface area contributed by atoms with Gasteiger partial charge in [0.25, 0.3) is 0 Å². The second kappa shape index (κ2) is 8.82. The third-order valence-corrected chi connectivity index (χ3v) is 5.09. The van der Waals surface area contributed by atoms with E-state index in [2.05, 4.69) is 15.7 Å². The molecule has 8 heteroatoms. The maximum absolute atomic E-state index is 6.29. The van der Waals surface area contributed by atoms with Crippen LogP contribution in [0.3, 0.4) is 0 Å². The van der Waals surface area contributed by atoms with Gasteiger partial charge in [-0.05, 0) is 68.0 Å². The van der Waals surface area contributed by atoms with Gasteiger partial charge in [-0.3, -0.25) is 4.68 Å². The minimum atomic E-state index is 0.487. The van der Waals surface area contributed by atoms with Crippen molar-refractivity contribution < 1.29 is 4.74 Å². The quantitative estimate of drug-likeness (QED) is 0.506. The summed E-state index contributed by atoms with van der Waals surface area (Å²) in [5.74, 6) is 0.790. The molecule has 0 aliphatic rings. The molecule has 2 aromatic carbocycles. The van der Waals surface area contributed by atoms with Crippen molar-refractivity contribution >= 4 is 51.9 Å². The summed E-state index contributed by atoms with van der Waals surface area (Å²) in [6.45, 7) is 4.47. The lowest BCUT2D eigenvalue weighted by Crippen LogP contribution is -2.20. The SMILES string of the molecule is COc1ccc(NC(=S)Nc2c(C)nn(Cc3ccc(Cl)cc3Cl)c2C)cc1. The van der Waals surface area contributed by atoms with E-state index in [4.69, 9.17) is 40.2 Å². The number of hydrogen-bond donors (Lipinski definition) is 2. The van der Waals surface area contributed by atoms with E-state index in [1.807, 2.05) is 54.9 Å². The fourth-order valence-corrected chi connectivity index (χ4v) is 3.48. The molecule has 0 amide bonds. The molecule has 0 unspecified atom stereocenters. The van der Waals surface area contributed by atoms with Gasteiger partial charge in [0.1, 0.15) is 5.75 Å². The monoisotopic (exact) mass is 434 g/mol. The molecule has 5 nitrogen and oxygen atoms in total. The molecule has 2 N–H and O–H groups in total. The molecular formula is C20H20Cl2N4OS. The molecule has 3 rings (SSSR count). The number of aryl methyl sites for hydroxylation is 1. The van der Waals surface area contributed by atoms with E-state index in [0.717, 1.165) is 34.1 Å². The molecule has 0 bridgehead atoms. The van der Waals surface area contributed by atoms with Crippen molar-refractivity contribution in [2.75, 3.05) is 17.7 Å². The highest BCUT2D eigenvalue weighted by Gasteiger charge is 2.14. The van der Waals surface area contributed by atoms with E-state index in [1.165, 1.54) is 0 Å². The van der Waals surface area contributed by atoms with E-state index >= 15 is 0 Å². The maximum atomic E-state index is 6.29. The summed E-state index contributed by atoms with van der Waals surface area (Å²) in [6.07, 6.45) is 0. The molecule has 28 heavy (non-hydrogen) atoms. The van der Waals surface area contributed by atoms with Crippen molar-refractivity contribution in [2.24, 2.45) is 0 Å². The van der Waals surface area contributed by atoms with Crippen LogP contribution in [-0.4, -0.2) is 22.0 Å². The van der Waals surface area contributed by atoms with Gasteiger partial charge in [-0.1, -0.05) is 29.3 Å². The van der Waals surface area contributed by atoms with Gasteiger partial charge < -0.3 is 15.4 Å². The first kappa shape index (κ1) is 20.5. The second-order valence-electron chi connectivity index (χ2n) is 6.25. The van der Waals surface area contributed by atoms with Crippen molar-refractivity contribution in [1.29, 1.82) is 0 Å². The summed E-state index contributed by atoms with van der Waals surface area (Å²) in [5, 5.41) is 12.7. The Morgan fingerprint density at radius 2 is 1.82 bits per heavy atom. The van der Waals surface area contributed by atoms with Crippen molar-refractivity contribution in [3.05, 3.63) is 69.5 Å². The zero-order valence-electron chi connectivity index (χ0n) is 15.7. The van der Waals surface area contributed by atoms with Crippen LogP contribution in [0.5, 0.6) is 5.75 Å². The van der Waals surface area contributed by atoms with Gasteiger partial charge in [0, 0.05) is 15.7 Å². The molecule has 1 aromatic heterocycles. The number of hydrogen-bond acceptors (Lipinski definition) is 3. The first-order valence-corrected chi connectivity index (χ1v) is 9.74. The number of thiocarbonyl (C=S) groups is 1. The zero-order chi connectivity index (χ0) is 20.3. The average molecular weight is 435 g/mol. The lowest BCUT2D eigenvalue weighted by molar-refractivity contribution is 0.415. The molecule has 3 aromatic rings. The number of nitrogens with zero attached hydrogens (tertiary/aromatic N) is 2. The maximum Gasteiger partial charge on any atom is 0.175 e. The Hall–Kier alpha value is -2.28. The molecule has 0 aliphatic carbocycles. The Kier molecular flexibility index (Phi) is 6.44. The predicted molar refractivity (Wildman–Crippen MR) is 120 cm³/mol. The third kappa shape index (κ3) is 4.76. The fraction of sp³-hybridized carbons (Fsp3) is 0.200. The highest BCUT2D eigenvalue weighted by Crippen LogP contribution is 2.25. The molecule has 0 saturated carbocycles. The van der Waals surface area contributed by atoms with Crippen LogP contribution in [0.15, 0.2) is 42.5 Å². The van der Waals surface area contributed by atoms with Crippen LogP contribution in [-0.2, 0) is 6.54 Å². The van der Waals surface area contributed by atoms with Crippen LogP contribution in [0.1, 0.15) is 17.0 Å². The Morgan fingerprint density at radius 1 is 1.11 bits per heavy atom. The van der Waals surface area contributed by atoms with Crippen LogP contribution >= 0.6 is 35.4 Å². The standard InChI is InChI=1S/C20H20Cl2N4OS/c1-12-19(24-20(28)23-16-6-8-17(27-3)9-7-16)13(2)26(25-12)11-14-4-5-15(21)10-18(14)22/h4-10H,11H2,1-3H3,(H2,23,24,28). The normalized spacial score (nSPS) is 10.6. The van der Waals surface area contributed by atoms with Gasteiger partial charge in [-0.25, -0.2) is 0 Å². The lowest BCUT2D eigenvalue weighted by atomic mass is 10.2. The third-order valence-electron chi connectivity index (χ3n) is 4.30. The number of methoxy groups -OCH3 is 1. The minimum Gasteiger partial charge on any atom is -0.497 e. The molecule has 0 spiro atoms. The van der Waals surface area contributed by atoms with Gasteiger partial charge in [0.2, 0.25) is 0 Å². The van der Waals surface area contributed by atoms with E-state index in [0.29, 0.717) is 21.7 Å². The first-order chi connectivity index (χ1) is 13.4. The van der Waals surface area contributed by atoms with Crippen molar-refractivity contribution in [3.63, 3.8) is 0 Å². The summed E-state index contributed by atoms with van der Waals surface area (Å²) in [6, 6.07) is 13.0. The molecule has 0 aliphatic heterocycles. The Balaban J connectivity index is 1.72. The zero-order valence-corrected chi connectivity index (χ0v) is 18.0. The summed E-state index contributed by atoms with van der Waals surface area (Å²) < 4.78 is 7.06. The van der Waals surface area contributed by atoms with Crippen molar-refractivity contribution in [3.8, 4) is 5.75 Å². The smallest absolute Gasteiger partial charge is 0.175 e. The van der Waals surface area contributed by atoms with E-state index in [-0.39, 0.29) is 0 Å². The number of anilines is 2. The van der Waals surface area contributed by atoms with Crippen molar-refractivity contribution in [1.82, 2.24) is 9.78 Å². The number of aromatic nitrogens is 2. The van der Waals surface area contributed by atoms with Crippen LogP contribution < -0.4 is 15.4 Å². The number of rotatable bonds is 5. The molecule has 0 saturated heterocycles. The van der Waals surface area contributed by atoms with Gasteiger partial charge in [0.05, 0.1) is 30.7 Å². The molecule has 0 fully saturated rings. The second-order valence-corrected chi connectivity index (χ2v) is 7.50. The molecule has 146 valence electrons. The van der Waals surface area contributed by atoms with E-state index < -0.39 is 0 Å². The number of halogens is 2. The first-order valence-electron chi connectivity index (χ1n) is 8.57. The Bertz CT molecular complexity index is 1000. The topological polar surface area (TPSA) is 51.1 Å². The Morgan fingerprint density at radius 3 is 2.46 bits per heavy atom. The summed E-state index contributed by atoms with van der Waals surface area (Å²) in [7, 11) is 1.63. The van der Waals surface area contributed by atoms with Gasteiger partial charge >= 0.3 is 0 Å². The van der Waals surface area contributed by atoms with Crippen molar-refractivity contribution in [2.45, 2.75) is 20.4 Å². The molecule has 1 heterocycles. The summed E-state index contributed by atoms with van der Waals surface area (Å²) >= 11 is 17.7. The number of nitrogens with one attached hydrogen (secondary N) is 2. The van der Waals surface area contributed by atoms with Gasteiger partial charge in [0.15, 0.2) is 5.11 Å². The fourth-order valence-electron chi connectivity index (χ4n) is 2.79. The summed E-state index contributed by atoms with van der Waals surface area (Å²) in [4.78, 5) is 0. The number of ether oxygens (including phenoxy) is 1. The highest BCUT2D eigenvalue weighted by atomic mass is 35.5. The average Bonchev–Trinajstić information content (AvgIpc) is 2.92. The van der Waals surface area contributed by atoms with Gasteiger partial charge in [-0.2, -0.15) is 5.10 Å². The van der Waals surface area contributed by atoms with Gasteiger partial charge in [-0.15, -0.1) is 0 Å². The minimum absolute atomic E-state index is 0.487. The van der Waals surface area contributed by atoms with Crippen LogP contribution in [0.4, 0.5) is 11.4 Å². The van der Waals surface area contributed by atoms with E-state index in [9.17, 15) is 0 Å². The number of benzene rings is 2. The Labute approximate surface area is 179 Å². The lowest BCUT2D eigenvalue weighted by Gasteiger charge is -2.12.